The Morgan fingerprint density at radius 1 is 1.18 bits per heavy atom. The van der Waals surface area contributed by atoms with Crippen molar-refractivity contribution in [2.45, 2.75) is 19.1 Å². The molecule has 1 atom stereocenters. The molecule has 4 aromatic heterocycles. The van der Waals surface area contributed by atoms with Crippen molar-refractivity contribution in [2.75, 3.05) is 31.6 Å². The summed E-state index contributed by atoms with van der Waals surface area (Å²) >= 11 is 0.829. The zero-order valence-corrected chi connectivity index (χ0v) is 20.7. The van der Waals surface area contributed by atoms with Crippen LogP contribution < -0.4 is 16.0 Å². The minimum Gasteiger partial charge on any atom is -0.419 e. The van der Waals surface area contributed by atoms with Gasteiger partial charge in [-0.25, -0.2) is 14.8 Å². The first-order valence-electron chi connectivity index (χ1n) is 11.5. The summed E-state index contributed by atoms with van der Waals surface area (Å²) < 4.78 is 51.1. The lowest BCUT2D eigenvalue weighted by atomic mass is 10.0. The van der Waals surface area contributed by atoms with Crippen LogP contribution in [0.1, 0.15) is 24.6 Å². The van der Waals surface area contributed by atoms with E-state index in [4.69, 9.17) is 9.15 Å². The maximum Gasteiger partial charge on any atom is 0.434 e. The number of urea groups is 1. The number of rotatable bonds is 6. The van der Waals surface area contributed by atoms with Crippen LogP contribution in [0.5, 0.6) is 0 Å². The van der Waals surface area contributed by atoms with Gasteiger partial charge in [0.05, 0.1) is 18.8 Å². The Hall–Kier alpha value is -3.95. The molecule has 38 heavy (non-hydrogen) atoms. The van der Waals surface area contributed by atoms with Crippen molar-refractivity contribution in [1.29, 1.82) is 0 Å². The number of carbonyl (C=O) groups is 1. The third-order valence-electron chi connectivity index (χ3n) is 5.46. The Balaban J connectivity index is 1.52. The van der Waals surface area contributed by atoms with Crippen LogP contribution in [0.2, 0.25) is 0 Å². The number of aromatic nitrogens is 5. The number of alkyl halides is 3. The summed E-state index contributed by atoms with van der Waals surface area (Å²) in [6, 6.07) is 2.46. The molecule has 1 unspecified atom stereocenters. The van der Waals surface area contributed by atoms with Crippen molar-refractivity contribution in [1.82, 2.24) is 35.8 Å². The molecule has 4 aromatic rings. The number of pyridine rings is 2. The second-order valence-electron chi connectivity index (χ2n) is 8.12. The van der Waals surface area contributed by atoms with Crippen LogP contribution >= 0.6 is 11.3 Å². The first-order valence-corrected chi connectivity index (χ1v) is 12.4. The van der Waals surface area contributed by atoms with Gasteiger partial charge in [-0.1, -0.05) is 0 Å². The van der Waals surface area contributed by atoms with Gasteiger partial charge in [0.25, 0.3) is 0 Å². The smallest absolute Gasteiger partial charge is 0.419 e. The number of anilines is 1. The molecule has 0 spiro atoms. The lowest BCUT2D eigenvalue weighted by Crippen LogP contribution is -2.34. The number of ether oxygens (including phenoxy) is 1. The molecule has 0 radical (unpaired) electrons. The number of hydrogen-bond acceptors (Lipinski definition) is 10. The number of thiazole rings is 1. The Kier molecular flexibility index (Phi) is 7.31. The van der Waals surface area contributed by atoms with E-state index in [1.807, 2.05) is 0 Å². The van der Waals surface area contributed by atoms with Crippen molar-refractivity contribution in [2.24, 2.45) is 0 Å². The molecule has 1 fully saturated rings. The van der Waals surface area contributed by atoms with Crippen LogP contribution in [0.25, 0.3) is 33.2 Å². The minimum atomic E-state index is -4.60. The Bertz CT molecular complexity index is 1440. The third kappa shape index (κ3) is 5.64. The van der Waals surface area contributed by atoms with Gasteiger partial charge in [-0.3, -0.25) is 10.3 Å². The Morgan fingerprint density at radius 2 is 2.03 bits per heavy atom. The SMILES string of the molecule is CCNC(=O)Nc1cc(-c2nc(C(F)(F)F)cs2)c(-c2cncc(-c3nnc(C4COCCN4)o3)c2)cn1. The molecular weight excluding hydrogens is 525 g/mol. The molecule has 198 valence electrons. The Labute approximate surface area is 217 Å². The Morgan fingerprint density at radius 3 is 2.76 bits per heavy atom. The summed E-state index contributed by atoms with van der Waals surface area (Å²) in [6.45, 7) is 3.80. The van der Waals surface area contributed by atoms with E-state index in [2.05, 4.69) is 41.1 Å². The quantitative estimate of drug-likeness (QED) is 0.326. The highest BCUT2D eigenvalue weighted by molar-refractivity contribution is 7.13. The highest BCUT2D eigenvalue weighted by atomic mass is 32.1. The van der Waals surface area contributed by atoms with E-state index in [-0.39, 0.29) is 22.8 Å². The number of nitrogens with one attached hydrogen (secondary N) is 3. The predicted octanol–water partition coefficient (Wildman–Crippen LogP) is 4.14. The molecule has 0 saturated carbocycles. The molecule has 11 nitrogen and oxygen atoms in total. The molecular formula is C23H21F3N8O3S. The molecule has 5 rings (SSSR count). The second-order valence-corrected chi connectivity index (χ2v) is 8.98. The molecule has 0 bridgehead atoms. The van der Waals surface area contributed by atoms with Gasteiger partial charge in [0, 0.05) is 53.8 Å². The lowest BCUT2D eigenvalue weighted by Gasteiger charge is -2.20. The average molecular weight is 547 g/mol. The van der Waals surface area contributed by atoms with Crippen LogP contribution in [0, 0.1) is 0 Å². The maximum absolute atomic E-state index is 13.3. The van der Waals surface area contributed by atoms with E-state index in [1.54, 1.807) is 13.0 Å². The summed E-state index contributed by atoms with van der Waals surface area (Å²) in [7, 11) is 0. The van der Waals surface area contributed by atoms with E-state index in [1.165, 1.54) is 24.7 Å². The topological polar surface area (TPSA) is 140 Å². The zero-order valence-electron chi connectivity index (χ0n) is 19.9. The van der Waals surface area contributed by atoms with Crippen LogP contribution in [0.15, 0.2) is 40.5 Å². The standard InChI is InChI=1S/C23H21F3N8O3S/c1-2-28-22(35)32-18-6-14(21-31-17(11-38-21)23(24,25)26)15(9-30-18)12-5-13(8-27-7-12)19-33-34-20(37-19)16-10-36-4-3-29-16/h5-9,11,16,29H,2-4,10H2,1H3,(H2,28,30,32,35). The highest BCUT2D eigenvalue weighted by Gasteiger charge is 2.34. The average Bonchev–Trinajstić information content (AvgIpc) is 3.60. The molecule has 0 aliphatic carbocycles. The van der Waals surface area contributed by atoms with Gasteiger partial charge in [-0.05, 0) is 19.1 Å². The highest BCUT2D eigenvalue weighted by Crippen LogP contribution is 2.39. The van der Waals surface area contributed by atoms with Crippen molar-refractivity contribution < 1.29 is 27.1 Å². The summed E-state index contributed by atoms with van der Waals surface area (Å²) in [6.07, 6.45) is -0.0872. The predicted molar refractivity (Wildman–Crippen MR) is 131 cm³/mol. The third-order valence-corrected chi connectivity index (χ3v) is 6.34. The van der Waals surface area contributed by atoms with E-state index in [9.17, 15) is 18.0 Å². The van der Waals surface area contributed by atoms with E-state index >= 15 is 0 Å². The normalized spacial score (nSPS) is 15.8. The summed E-state index contributed by atoms with van der Waals surface area (Å²) in [5.41, 5.74) is 0.803. The van der Waals surface area contributed by atoms with Crippen LogP contribution in [-0.4, -0.2) is 57.5 Å². The number of morpholine rings is 1. The number of nitrogens with zero attached hydrogens (tertiary/aromatic N) is 5. The number of hydrogen-bond donors (Lipinski definition) is 3. The van der Waals surface area contributed by atoms with Crippen LogP contribution in [0.4, 0.5) is 23.8 Å². The fourth-order valence-corrected chi connectivity index (χ4v) is 4.56. The van der Waals surface area contributed by atoms with Gasteiger partial charge in [-0.15, -0.1) is 21.5 Å². The lowest BCUT2D eigenvalue weighted by molar-refractivity contribution is -0.140. The molecule has 15 heteroatoms. The van der Waals surface area contributed by atoms with E-state index in [0.29, 0.717) is 54.4 Å². The van der Waals surface area contributed by atoms with Gasteiger partial charge < -0.3 is 19.8 Å². The number of halogens is 3. The zero-order chi connectivity index (χ0) is 26.7. The largest absolute Gasteiger partial charge is 0.434 e. The van der Waals surface area contributed by atoms with Crippen LogP contribution in [0.3, 0.4) is 0 Å². The van der Waals surface area contributed by atoms with Gasteiger partial charge in [0.2, 0.25) is 11.8 Å². The molecule has 1 saturated heterocycles. The number of amides is 2. The summed E-state index contributed by atoms with van der Waals surface area (Å²) in [5.74, 6) is 0.737. The molecule has 1 aliphatic heterocycles. The summed E-state index contributed by atoms with van der Waals surface area (Å²) in [4.78, 5) is 24.3. The van der Waals surface area contributed by atoms with Crippen molar-refractivity contribution in [3.05, 3.63) is 47.7 Å². The maximum atomic E-state index is 13.3. The molecule has 1 aliphatic rings. The molecule has 0 aromatic carbocycles. The van der Waals surface area contributed by atoms with Gasteiger partial charge in [0.1, 0.15) is 16.9 Å². The second kappa shape index (κ2) is 10.8. The van der Waals surface area contributed by atoms with E-state index in [0.717, 1.165) is 16.7 Å². The van der Waals surface area contributed by atoms with Gasteiger partial charge >= 0.3 is 12.2 Å². The van der Waals surface area contributed by atoms with Gasteiger partial charge in [0.15, 0.2) is 5.69 Å². The van der Waals surface area contributed by atoms with E-state index < -0.39 is 17.9 Å². The van der Waals surface area contributed by atoms with Crippen LogP contribution in [-0.2, 0) is 10.9 Å². The fraction of sp³-hybridized carbons (Fsp3) is 0.304. The van der Waals surface area contributed by atoms with Crippen molar-refractivity contribution in [3.8, 4) is 33.2 Å². The number of carbonyl (C=O) groups excluding carboxylic acids is 1. The first-order chi connectivity index (χ1) is 18.3. The molecule has 5 heterocycles. The molecule has 3 N–H and O–H groups in total. The fourth-order valence-electron chi connectivity index (χ4n) is 3.70. The minimum absolute atomic E-state index is 0.0996. The molecule has 2 amide bonds. The van der Waals surface area contributed by atoms with Gasteiger partial charge in [-0.2, -0.15) is 13.2 Å². The first kappa shape index (κ1) is 25.7. The monoisotopic (exact) mass is 546 g/mol. The van der Waals surface area contributed by atoms with Crippen molar-refractivity contribution in [3.63, 3.8) is 0 Å². The summed E-state index contributed by atoms with van der Waals surface area (Å²) in [5, 5.41) is 17.6. The van der Waals surface area contributed by atoms with Crippen molar-refractivity contribution >= 4 is 23.2 Å².